The van der Waals surface area contributed by atoms with Gasteiger partial charge >= 0.3 is 0 Å². The molecule has 0 radical (unpaired) electrons. The Balaban J connectivity index is 1.94. The summed E-state index contributed by atoms with van der Waals surface area (Å²) in [5.41, 5.74) is 0. The number of rotatable bonds is 11. The van der Waals surface area contributed by atoms with Gasteiger partial charge in [-0.1, -0.05) is 6.92 Å². The molecule has 0 amide bonds. The van der Waals surface area contributed by atoms with E-state index in [1.807, 2.05) is 11.8 Å². The fourth-order valence-corrected chi connectivity index (χ4v) is 3.51. The smallest absolute Gasteiger partial charge is 0.000398 e. The predicted octanol–water partition coefficient (Wildman–Crippen LogP) is 3.57. The third-order valence-electron chi connectivity index (χ3n) is 4.13. The highest BCUT2D eigenvalue weighted by atomic mass is 32.2. The van der Waals surface area contributed by atoms with E-state index in [1.54, 1.807) is 0 Å². The van der Waals surface area contributed by atoms with Gasteiger partial charge in [-0.2, -0.15) is 11.8 Å². The molecule has 1 aliphatic heterocycles. The maximum absolute atomic E-state index is 2.64. The van der Waals surface area contributed by atoms with Crippen LogP contribution in [-0.2, 0) is 0 Å². The van der Waals surface area contributed by atoms with Crippen LogP contribution >= 0.6 is 11.8 Å². The first-order chi connectivity index (χ1) is 9.22. The summed E-state index contributed by atoms with van der Waals surface area (Å²) in [6.07, 6.45) is 10.6. The third-order valence-corrected chi connectivity index (χ3v) is 4.83. The van der Waals surface area contributed by atoms with Crippen LogP contribution < -0.4 is 0 Å². The van der Waals surface area contributed by atoms with Gasteiger partial charge in [0.05, 0.1) is 0 Å². The second-order valence-electron chi connectivity index (χ2n) is 6.26. The minimum absolute atomic E-state index is 0.855. The molecule has 0 aromatic heterocycles. The molecule has 1 saturated heterocycles. The Morgan fingerprint density at radius 3 is 2.58 bits per heavy atom. The lowest BCUT2D eigenvalue weighted by Crippen LogP contribution is -2.26. The Morgan fingerprint density at radius 1 is 1.16 bits per heavy atom. The lowest BCUT2D eigenvalue weighted by Gasteiger charge is -2.22. The molecule has 1 aliphatic rings. The maximum atomic E-state index is 2.64. The van der Waals surface area contributed by atoms with Crippen molar-refractivity contribution in [1.82, 2.24) is 9.80 Å². The molecule has 0 aromatic carbocycles. The van der Waals surface area contributed by atoms with Gasteiger partial charge in [-0.15, -0.1) is 0 Å². The van der Waals surface area contributed by atoms with Gasteiger partial charge in [0.2, 0.25) is 0 Å². The summed E-state index contributed by atoms with van der Waals surface area (Å²) in [6, 6.07) is 0. The number of likely N-dealkylation sites (tertiary alicyclic amines) is 1. The lowest BCUT2D eigenvalue weighted by molar-refractivity contribution is 0.259. The number of hydrogen-bond acceptors (Lipinski definition) is 3. The minimum atomic E-state index is 0.855. The van der Waals surface area contributed by atoms with Crippen molar-refractivity contribution in [2.45, 2.75) is 45.4 Å². The SMILES string of the molecule is CSCCCCN(C)CC(C)CCCN1CCCC1. The van der Waals surface area contributed by atoms with Gasteiger partial charge in [0.15, 0.2) is 0 Å². The molecule has 3 heteroatoms. The van der Waals surface area contributed by atoms with Crippen LogP contribution in [0.4, 0.5) is 0 Å². The highest BCUT2D eigenvalue weighted by Crippen LogP contribution is 2.12. The van der Waals surface area contributed by atoms with Gasteiger partial charge in [-0.25, -0.2) is 0 Å². The zero-order valence-corrected chi connectivity index (χ0v) is 14.2. The molecule has 1 rings (SSSR count). The van der Waals surface area contributed by atoms with Crippen molar-refractivity contribution in [2.24, 2.45) is 5.92 Å². The van der Waals surface area contributed by atoms with Crippen LogP contribution in [0.15, 0.2) is 0 Å². The van der Waals surface area contributed by atoms with E-state index in [-0.39, 0.29) is 0 Å². The second-order valence-corrected chi connectivity index (χ2v) is 7.24. The van der Waals surface area contributed by atoms with E-state index >= 15 is 0 Å². The summed E-state index contributed by atoms with van der Waals surface area (Å²) in [7, 11) is 2.29. The molecule has 0 saturated carbocycles. The second kappa shape index (κ2) is 11.0. The summed E-state index contributed by atoms with van der Waals surface area (Å²) in [5.74, 6) is 2.17. The van der Waals surface area contributed by atoms with Crippen LogP contribution in [0.25, 0.3) is 0 Å². The van der Waals surface area contributed by atoms with E-state index in [0.717, 1.165) is 5.92 Å². The molecule has 19 heavy (non-hydrogen) atoms. The first-order valence-corrected chi connectivity index (χ1v) is 9.51. The molecule has 1 fully saturated rings. The molecule has 1 unspecified atom stereocenters. The van der Waals surface area contributed by atoms with Crippen molar-refractivity contribution in [2.75, 3.05) is 51.8 Å². The molecule has 0 N–H and O–H groups in total. The Labute approximate surface area is 125 Å². The summed E-state index contributed by atoms with van der Waals surface area (Å²) < 4.78 is 0. The van der Waals surface area contributed by atoms with Crippen LogP contribution in [0.1, 0.15) is 45.4 Å². The quantitative estimate of drug-likeness (QED) is 0.536. The summed E-state index contributed by atoms with van der Waals surface area (Å²) in [4.78, 5) is 5.17. The van der Waals surface area contributed by atoms with Crippen molar-refractivity contribution in [1.29, 1.82) is 0 Å². The molecule has 1 heterocycles. The van der Waals surface area contributed by atoms with Crippen LogP contribution in [0.5, 0.6) is 0 Å². The number of unbranched alkanes of at least 4 members (excludes halogenated alkanes) is 1. The number of nitrogens with zero attached hydrogens (tertiary/aromatic N) is 2. The van der Waals surface area contributed by atoms with Crippen LogP contribution in [0.3, 0.4) is 0 Å². The van der Waals surface area contributed by atoms with Gasteiger partial charge in [-0.05, 0) is 89.7 Å². The number of hydrogen-bond donors (Lipinski definition) is 0. The normalized spacial score (nSPS) is 18.3. The van der Waals surface area contributed by atoms with Gasteiger partial charge in [-0.3, -0.25) is 0 Å². The monoisotopic (exact) mass is 286 g/mol. The van der Waals surface area contributed by atoms with E-state index in [9.17, 15) is 0 Å². The zero-order valence-electron chi connectivity index (χ0n) is 13.4. The Hall–Kier alpha value is 0.270. The summed E-state index contributed by atoms with van der Waals surface area (Å²) in [5, 5.41) is 0. The van der Waals surface area contributed by atoms with Gasteiger partial charge in [0.25, 0.3) is 0 Å². The van der Waals surface area contributed by atoms with Gasteiger partial charge in [0, 0.05) is 6.54 Å². The lowest BCUT2D eigenvalue weighted by atomic mass is 10.0. The molecule has 1 atom stereocenters. The van der Waals surface area contributed by atoms with E-state index in [4.69, 9.17) is 0 Å². The predicted molar refractivity (Wildman–Crippen MR) is 89.2 cm³/mol. The van der Waals surface area contributed by atoms with E-state index in [0.29, 0.717) is 0 Å². The van der Waals surface area contributed by atoms with Crippen LogP contribution in [-0.4, -0.2) is 61.6 Å². The first kappa shape index (κ1) is 17.3. The zero-order chi connectivity index (χ0) is 13.9. The number of thioether (sulfide) groups is 1. The van der Waals surface area contributed by atoms with E-state index in [1.165, 1.54) is 77.0 Å². The maximum Gasteiger partial charge on any atom is 0.000398 e. The summed E-state index contributed by atoms with van der Waals surface area (Å²) >= 11 is 1.97. The molecule has 2 nitrogen and oxygen atoms in total. The molecule has 0 aliphatic carbocycles. The Bertz CT molecular complexity index is 205. The minimum Gasteiger partial charge on any atom is -0.306 e. The topological polar surface area (TPSA) is 6.48 Å². The average Bonchev–Trinajstić information content (AvgIpc) is 2.88. The van der Waals surface area contributed by atoms with Crippen molar-refractivity contribution < 1.29 is 0 Å². The average molecular weight is 287 g/mol. The fourth-order valence-electron chi connectivity index (χ4n) is 3.01. The Morgan fingerprint density at radius 2 is 1.89 bits per heavy atom. The highest BCUT2D eigenvalue weighted by molar-refractivity contribution is 7.98. The molecular formula is C16H34N2S. The molecule has 0 bridgehead atoms. The first-order valence-electron chi connectivity index (χ1n) is 8.12. The van der Waals surface area contributed by atoms with Crippen LogP contribution in [0, 0.1) is 5.92 Å². The molecule has 114 valence electrons. The fraction of sp³-hybridized carbons (Fsp3) is 1.00. The van der Waals surface area contributed by atoms with Crippen molar-refractivity contribution in [3.63, 3.8) is 0 Å². The third kappa shape index (κ3) is 8.93. The Kier molecular flexibility index (Phi) is 10.0. The largest absolute Gasteiger partial charge is 0.306 e. The summed E-state index contributed by atoms with van der Waals surface area (Å²) in [6.45, 7) is 9.01. The van der Waals surface area contributed by atoms with E-state index in [2.05, 4.69) is 30.0 Å². The van der Waals surface area contributed by atoms with Gasteiger partial charge in [0.1, 0.15) is 0 Å². The highest BCUT2D eigenvalue weighted by Gasteiger charge is 2.12. The molecule has 0 aromatic rings. The molecular weight excluding hydrogens is 252 g/mol. The van der Waals surface area contributed by atoms with Crippen molar-refractivity contribution in [3.05, 3.63) is 0 Å². The van der Waals surface area contributed by atoms with Crippen molar-refractivity contribution in [3.8, 4) is 0 Å². The van der Waals surface area contributed by atoms with Crippen LogP contribution in [0.2, 0.25) is 0 Å². The molecule has 0 spiro atoms. The van der Waals surface area contributed by atoms with E-state index < -0.39 is 0 Å². The van der Waals surface area contributed by atoms with Crippen molar-refractivity contribution >= 4 is 11.8 Å². The standard InChI is InChI=1S/C16H34N2S/c1-16(9-8-13-18-11-4-5-12-18)15-17(2)10-6-7-14-19-3/h16H,4-15H2,1-3H3. The van der Waals surface area contributed by atoms with Gasteiger partial charge < -0.3 is 9.80 Å².